The van der Waals surface area contributed by atoms with Crippen molar-refractivity contribution in [3.8, 4) is 11.5 Å². The van der Waals surface area contributed by atoms with E-state index >= 15 is 0 Å². The van der Waals surface area contributed by atoms with E-state index < -0.39 is 5.97 Å². The summed E-state index contributed by atoms with van der Waals surface area (Å²) in [4.78, 5) is 10.9. The lowest BCUT2D eigenvalue weighted by molar-refractivity contribution is -0.137. The van der Waals surface area contributed by atoms with Crippen molar-refractivity contribution in [2.75, 3.05) is 6.79 Å². The van der Waals surface area contributed by atoms with Crippen LogP contribution in [0.25, 0.3) is 0 Å². The van der Waals surface area contributed by atoms with E-state index in [4.69, 9.17) is 20.3 Å². The highest BCUT2D eigenvalue weighted by molar-refractivity contribution is 5.66. The topological polar surface area (TPSA) is 81.8 Å². The molecule has 0 aliphatic carbocycles. The zero-order valence-electron chi connectivity index (χ0n) is 13.5. The molecule has 5 nitrogen and oxygen atoms in total. The number of nitrogens with two attached hydrogens (primary N) is 1. The summed E-state index contributed by atoms with van der Waals surface area (Å²) in [5.74, 6) is 0.954. The first-order valence-corrected chi connectivity index (χ1v) is 7.64. The third-order valence-electron chi connectivity index (χ3n) is 4.29. The first-order chi connectivity index (χ1) is 10.3. The molecule has 1 aromatic rings. The molecule has 0 spiro atoms. The van der Waals surface area contributed by atoms with Crippen molar-refractivity contribution in [3.63, 3.8) is 0 Å². The van der Waals surface area contributed by atoms with E-state index in [2.05, 4.69) is 20.8 Å². The van der Waals surface area contributed by atoms with E-state index in [-0.39, 0.29) is 30.6 Å². The van der Waals surface area contributed by atoms with Crippen LogP contribution >= 0.6 is 0 Å². The van der Waals surface area contributed by atoms with Crippen molar-refractivity contribution in [1.29, 1.82) is 0 Å². The van der Waals surface area contributed by atoms with Crippen LogP contribution in [0.1, 0.15) is 51.6 Å². The van der Waals surface area contributed by atoms with Crippen LogP contribution < -0.4 is 15.2 Å². The summed E-state index contributed by atoms with van der Waals surface area (Å²) in [6.45, 7) is 6.64. The molecule has 0 aromatic heterocycles. The molecule has 1 aromatic carbocycles. The van der Waals surface area contributed by atoms with Crippen LogP contribution in [-0.4, -0.2) is 17.9 Å². The van der Waals surface area contributed by atoms with Gasteiger partial charge in [0.05, 0.1) is 0 Å². The highest BCUT2D eigenvalue weighted by atomic mass is 16.7. The summed E-state index contributed by atoms with van der Waals surface area (Å²) in [6.07, 6.45) is 1.56. The molecular formula is C17H25NO4. The van der Waals surface area contributed by atoms with Crippen LogP contribution in [0.5, 0.6) is 11.5 Å². The molecular weight excluding hydrogens is 282 g/mol. The Bertz CT molecular complexity index is 536. The van der Waals surface area contributed by atoms with Gasteiger partial charge in [-0.1, -0.05) is 26.8 Å². The summed E-state index contributed by atoms with van der Waals surface area (Å²) >= 11 is 0. The largest absolute Gasteiger partial charge is 0.481 e. The molecule has 0 bridgehead atoms. The van der Waals surface area contributed by atoms with Gasteiger partial charge in [-0.3, -0.25) is 4.79 Å². The molecule has 5 heteroatoms. The van der Waals surface area contributed by atoms with Crippen LogP contribution in [0.3, 0.4) is 0 Å². The molecule has 0 fully saturated rings. The van der Waals surface area contributed by atoms with E-state index in [1.807, 2.05) is 18.2 Å². The Morgan fingerprint density at radius 2 is 2.00 bits per heavy atom. The molecule has 1 aliphatic heterocycles. The van der Waals surface area contributed by atoms with Gasteiger partial charge in [0.15, 0.2) is 11.5 Å². The fourth-order valence-electron chi connectivity index (χ4n) is 2.79. The molecule has 3 N–H and O–H groups in total. The third-order valence-corrected chi connectivity index (χ3v) is 4.29. The van der Waals surface area contributed by atoms with Crippen molar-refractivity contribution in [2.45, 2.75) is 46.1 Å². The SMILES string of the molecule is CC(C)(C)C(CCC(=O)O)C[C@@H](N)c1ccc2c(c1)OCO2. The molecule has 0 saturated heterocycles. The van der Waals surface area contributed by atoms with Crippen molar-refractivity contribution in [1.82, 2.24) is 0 Å². The minimum Gasteiger partial charge on any atom is -0.481 e. The fourth-order valence-corrected chi connectivity index (χ4v) is 2.79. The molecule has 22 heavy (non-hydrogen) atoms. The second-order valence-corrected chi connectivity index (χ2v) is 6.95. The monoisotopic (exact) mass is 307 g/mol. The molecule has 0 saturated carbocycles. The number of rotatable bonds is 6. The number of benzene rings is 1. The van der Waals surface area contributed by atoms with Gasteiger partial charge >= 0.3 is 5.97 Å². The fraction of sp³-hybridized carbons (Fsp3) is 0.588. The molecule has 1 aliphatic rings. The molecule has 1 heterocycles. The van der Waals surface area contributed by atoms with Crippen molar-refractivity contribution >= 4 is 5.97 Å². The van der Waals surface area contributed by atoms with E-state index in [0.29, 0.717) is 6.42 Å². The average molecular weight is 307 g/mol. The van der Waals surface area contributed by atoms with E-state index in [9.17, 15) is 4.79 Å². The minimum absolute atomic E-state index is 0.0173. The maximum atomic E-state index is 10.9. The summed E-state index contributed by atoms with van der Waals surface area (Å²) in [5.41, 5.74) is 7.36. The standard InChI is InChI=1S/C17H25NO4/c1-17(2,3)12(5-7-16(19)20)9-13(18)11-4-6-14-15(8-11)22-10-21-14/h4,6,8,12-13H,5,7,9-10,18H2,1-3H3,(H,19,20)/t12?,13-/m1/s1. The van der Waals surface area contributed by atoms with E-state index in [0.717, 1.165) is 23.5 Å². The number of fused-ring (bicyclic) bond motifs is 1. The van der Waals surface area contributed by atoms with E-state index in [1.54, 1.807) is 0 Å². The van der Waals surface area contributed by atoms with Gasteiger partial charge in [0.25, 0.3) is 0 Å². The van der Waals surface area contributed by atoms with Crippen molar-refractivity contribution in [2.24, 2.45) is 17.1 Å². The van der Waals surface area contributed by atoms with Gasteiger partial charge in [0.2, 0.25) is 6.79 Å². The lowest BCUT2D eigenvalue weighted by atomic mass is 9.74. The van der Waals surface area contributed by atoms with Gasteiger partial charge in [-0.15, -0.1) is 0 Å². The zero-order chi connectivity index (χ0) is 16.3. The zero-order valence-corrected chi connectivity index (χ0v) is 13.5. The van der Waals surface area contributed by atoms with Gasteiger partial charge in [0.1, 0.15) is 0 Å². The predicted molar refractivity (Wildman–Crippen MR) is 83.9 cm³/mol. The van der Waals surface area contributed by atoms with Crippen LogP contribution in [0.4, 0.5) is 0 Å². The number of aliphatic carboxylic acids is 1. The first-order valence-electron chi connectivity index (χ1n) is 7.64. The summed E-state index contributed by atoms with van der Waals surface area (Å²) < 4.78 is 10.7. The van der Waals surface area contributed by atoms with E-state index in [1.165, 1.54) is 0 Å². The average Bonchev–Trinajstić information content (AvgIpc) is 2.88. The third kappa shape index (κ3) is 4.13. The smallest absolute Gasteiger partial charge is 0.303 e. The maximum Gasteiger partial charge on any atom is 0.303 e. The van der Waals surface area contributed by atoms with Crippen LogP contribution in [0.2, 0.25) is 0 Å². The van der Waals surface area contributed by atoms with Crippen LogP contribution in [0, 0.1) is 11.3 Å². The van der Waals surface area contributed by atoms with Crippen molar-refractivity contribution in [3.05, 3.63) is 23.8 Å². The summed E-state index contributed by atoms with van der Waals surface area (Å²) in [7, 11) is 0. The Kier molecular flexibility index (Phi) is 4.96. The number of carbonyl (C=O) groups is 1. The lowest BCUT2D eigenvalue weighted by Gasteiger charge is -2.32. The van der Waals surface area contributed by atoms with Gasteiger partial charge < -0.3 is 20.3 Å². The van der Waals surface area contributed by atoms with Crippen LogP contribution in [0.15, 0.2) is 18.2 Å². The molecule has 1 unspecified atom stereocenters. The first kappa shape index (κ1) is 16.6. The van der Waals surface area contributed by atoms with Crippen molar-refractivity contribution < 1.29 is 19.4 Å². The number of hydrogen-bond donors (Lipinski definition) is 2. The normalized spacial score (nSPS) is 16.4. The van der Waals surface area contributed by atoms with Gasteiger partial charge in [-0.25, -0.2) is 0 Å². The molecule has 0 amide bonds. The van der Waals surface area contributed by atoms with Gasteiger partial charge in [-0.05, 0) is 41.9 Å². The highest BCUT2D eigenvalue weighted by Crippen LogP contribution is 2.38. The predicted octanol–water partition coefficient (Wildman–Crippen LogP) is 3.33. The summed E-state index contributed by atoms with van der Waals surface area (Å²) in [6, 6.07) is 5.60. The lowest BCUT2D eigenvalue weighted by Crippen LogP contribution is -2.26. The number of hydrogen-bond acceptors (Lipinski definition) is 4. The second-order valence-electron chi connectivity index (χ2n) is 6.95. The Balaban J connectivity index is 2.06. The Hall–Kier alpha value is -1.75. The quantitative estimate of drug-likeness (QED) is 0.842. The number of ether oxygens (including phenoxy) is 2. The molecule has 0 radical (unpaired) electrons. The maximum absolute atomic E-state index is 10.9. The number of carboxylic acid groups (broad SMARTS) is 1. The molecule has 2 rings (SSSR count). The Morgan fingerprint density at radius 1 is 1.32 bits per heavy atom. The molecule has 2 atom stereocenters. The van der Waals surface area contributed by atoms with Gasteiger partial charge in [-0.2, -0.15) is 0 Å². The number of carboxylic acids is 1. The second kappa shape index (κ2) is 6.57. The molecule has 122 valence electrons. The highest BCUT2D eigenvalue weighted by Gasteiger charge is 2.28. The van der Waals surface area contributed by atoms with Gasteiger partial charge in [0, 0.05) is 12.5 Å². The minimum atomic E-state index is -0.758. The Labute approximate surface area is 131 Å². The summed E-state index contributed by atoms with van der Waals surface area (Å²) in [5, 5.41) is 8.92. The van der Waals surface area contributed by atoms with Crippen LogP contribution in [-0.2, 0) is 4.79 Å². The Morgan fingerprint density at radius 3 is 2.64 bits per heavy atom.